The lowest BCUT2D eigenvalue weighted by Gasteiger charge is -2.46. The van der Waals surface area contributed by atoms with E-state index in [9.17, 15) is 18.0 Å². The van der Waals surface area contributed by atoms with Crippen LogP contribution in [0.2, 0.25) is 5.02 Å². The second-order valence-electron chi connectivity index (χ2n) is 10.9. The normalized spacial score (nSPS) is 27.5. The molecule has 4 aliphatic rings. The number of nitrogens with zero attached hydrogens (tertiary/aromatic N) is 3. The number of piperidine rings is 1. The Labute approximate surface area is 251 Å². The van der Waals surface area contributed by atoms with Crippen LogP contribution in [0, 0.1) is 11.6 Å². The number of hydroxylamine groups is 1. The average molecular weight is 632 g/mol. The number of fused-ring (bicyclic) bond motifs is 2. The van der Waals surface area contributed by atoms with Crippen LogP contribution in [0.3, 0.4) is 0 Å². The molecule has 4 saturated heterocycles. The molecule has 15 heteroatoms. The Bertz CT molecular complexity index is 1180. The van der Waals surface area contributed by atoms with Gasteiger partial charge in [-0.3, -0.25) is 9.69 Å². The number of piperazine rings is 1. The van der Waals surface area contributed by atoms with E-state index >= 15 is 0 Å². The quantitative estimate of drug-likeness (QED) is 0.300. The van der Waals surface area contributed by atoms with Gasteiger partial charge in [-0.15, -0.1) is 0 Å². The smallest absolute Gasteiger partial charge is 0.410 e. The van der Waals surface area contributed by atoms with E-state index < -0.39 is 46.6 Å². The lowest BCUT2D eigenvalue weighted by atomic mass is 10.1. The van der Waals surface area contributed by atoms with Gasteiger partial charge in [0.2, 0.25) is 5.02 Å². The van der Waals surface area contributed by atoms with Gasteiger partial charge in [-0.25, -0.2) is 15.1 Å². The van der Waals surface area contributed by atoms with Crippen LogP contribution in [-0.4, -0.2) is 111 Å². The molecular formula is C27H40ClN4O9S+. The number of rotatable bonds is 10. The molecule has 1 unspecified atom stereocenters. The molecule has 1 aromatic rings. The summed E-state index contributed by atoms with van der Waals surface area (Å²) in [5, 5.41) is 0.718. The Morgan fingerprint density at radius 3 is 2.50 bits per heavy atom. The molecule has 0 aromatic heterocycles. The van der Waals surface area contributed by atoms with Gasteiger partial charge in [0.1, 0.15) is 24.5 Å². The van der Waals surface area contributed by atoms with Gasteiger partial charge in [-0.2, -0.15) is 17.0 Å². The van der Waals surface area contributed by atoms with Gasteiger partial charge in [-0.1, -0.05) is 0 Å². The monoisotopic (exact) mass is 631 g/mol. The molecule has 234 valence electrons. The molecular weight excluding hydrogens is 592 g/mol. The van der Waals surface area contributed by atoms with Crippen LogP contribution in [0.25, 0.3) is 0 Å². The zero-order chi connectivity index (χ0) is 29.7. The zero-order valence-electron chi connectivity index (χ0n) is 23.7. The average Bonchev–Trinajstić information content (AvgIpc) is 3.30. The highest BCUT2D eigenvalue weighted by atomic mass is 35.5. The molecule has 2 bridgehead atoms. The summed E-state index contributed by atoms with van der Waals surface area (Å²) in [6.45, 7) is 1.26. The molecule has 1 aromatic carbocycles. The fourth-order valence-electron chi connectivity index (χ4n) is 6.06. The van der Waals surface area contributed by atoms with Crippen molar-refractivity contribution in [2.24, 2.45) is 0 Å². The molecule has 4 heterocycles. The van der Waals surface area contributed by atoms with Crippen LogP contribution in [0.4, 0.5) is 4.79 Å². The fourth-order valence-corrected chi connectivity index (χ4v) is 8.05. The predicted molar refractivity (Wildman–Crippen MR) is 146 cm³/mol. The molecule has 4 aliphatic heterocycles. The topological polar surface area (TPSA) is 136 Å². The van der Waals surface area contributed by atoms with E-state index in [2.05, 4.69) is 5.48 Å². The molecule has 0 radical (unpaired) electrons. The molecule has 42 heavy (non-hydrogen) atoms. The Morgan fingerprint density at radius 1 is 1.05 bits per heavy atom. The van der Waals surface area contributed by atoms with Gasteiger partial charge >= 0.3 is 6.09 Å². The van der Waals surface area contributed by atoms with Gasteiger partial charge in [0.25, 0.3) is 16.1 Å². The number of hydrogen-bond donors (Lipinski definition) is 1. The first kappa shape index (κ1) is 31.2. The van der Waals surface area contributed by atoms with E-state index in [0.29, 0.717) is 44.5 Å². The summed E-state index contributed by atoms with van der Waals surface area (Å²) in [6.07, 6.45) is 3.06. The first-order valence-electron chi connectivity index (χ1n) is 14.5. The summed E-state index contributed by atoms with van der Waals surface area (Å²) in [7, 11) is -2.56. The summed E-state index contributed by atoms with van der Waals surface area (Å²) >= 11 is 5.13. The summed E-state index contributed by atoms with van der Waals surface area (Å²) < 4.78 is 52.7. The van der Waals surface area contributed by atoms with E-state index in [-0.39, 0.29) is 39.0 Å². The lowest BCUT2D eigenvalue weighted by molar-refractivity contribution is -0.288. The van der Waals surface area contributed by atoms with Crippen LogP contribution in [0.5, 0.6) is 5.75 Å². The van der Waals surface area contributed by atoms with E-state index in [1.807, 2.05) is 12.1 Å². The fraction of sp³-hybridized carbons (Fsp3) is 0.704. The van der Waals surface area contributed by atoms with Gasteiger partial charge in [0.05, 0.1) is 12.6 Å². The molecule has 5 rings (SSSR count). The van der Waals surface area contributed by atoms with E-state index in [4.69, 9.17) is 35.4 Å². The molecule has 0 saturated carbocycles. The minimum absolute atomic E-state index is 0.0277. The van der Waals surface area contributed by atoms with Crippen molar-refractivity contribution in [3.8, 4) is 5.75 Å². The van der Waals surface area contributed by atoms with Crippen LogP contribution in [-0.2, 0) is 34.1 Å². The van der Waals surface area contributed by atoms with Crippen molar-refractivity contribution in [2.45, 2.75) is 75.5 Å². The van der Waals surface area contributed by atoms with Gasteiger partial charge < -0.3 is 18.9 Å². The summed E-state index contributed by atoms with van der Waals surface area (Å²) in [4.78, 5) is 33.7. The minimum Gasteiger partial charge on any atom is -0.490 e. The number of halogens is 1. The van der Waals surface area contributed by atoms with Gasteiger partial charge in [0.15, 0.2) is 17.9 Å². The van der Waals surface area contributed by atoms with Crippen molar-refractivity contribution in [1.29, 1.82) is 0 Å². The third-order valence-corrected chi connectivity index (χ3v) is 10.4. The summed E-state index contributed by atoms with van der Waals surface area (Å²) in [5.74, 6) is 0.0462. The Morgan fingerprint density at radius 2 is 1.81 bits per heavy atom. The van der Waals surface area contributed by atoms with Gasteiger partial charge in [0, 0.05) is 57.9 Å². The third kappa shape index (κ3) is 7.12. The van der Waals surface area contributed by atoms with E-state index in [0.717, 1.165) is 17.9 Å². The largest absolute Gasteiger partial charge is 0.490 e. The molecule has 4 fully saturated rings. The number of benzene rings is 1. The highest BCUT2D eigenvalue weighted by Gasteiger charge is 2.56. The molecule has 2 amide bonds. The Kier molecular flexibility index (Phi) is 10.5. The first-order chi connectivity index (χ1) is 20.3. The highest BCUT2D eigenvalue weighted by Crippen LogP contribution is 2.37. The molecule has 0 aliphatic carbocycles. The Hall–Kier alpha value is -2.20. The van der Waals surface area contributed by atoms with Crippen molar-refractivity contribution >= 4 is 22.2 Å². The van der Waals surface area contributed by atoms with Crippen molar-refractivity contribution in [2.75, 3.05) is 46.6 Å². The molecule has 4 atom stereocenters. The first-order valence-corrected chi connectivity index (χ1v) is 16.3. The van der Waals surface area contributed by atoms with Gasteiger partial charge in [-0.05, 0) is 50.7 Å². The van der Waals surface area contributed by atoms with E-state index in [1.165, 1.54) is 20.6 Å². The van der Waals surface area contributed by atoms with Crippen molar-refractivity contribution in [1.82, 2.24) is 19.0 Å². The van der Waals surface area contributed by atoms with Crippen molar-refractivity contribution in [3.63, 3.8) is 0 Å². The van der Waals surface area contributed by atoms with Crippen molar-refractivity contribution in [3.05, 3.63) is 29.3 Å². The second-order valence-corrected chi connectivity index (χ2v) is 13.3. The van der Waals surface area contributed by atoms with Crippen LogP contribution >= 0.6 is 0 Å². The number of carbonyl (C=O) groups is 2. The van der Waals surface area contributed by atoms with E-state index in [1.54, 1.807) is 12.1 Å². The zero-order valence-corrected chi connectivity index (χ0v) is 25.4. The third-order valence-electron chi connectivity index (χ3n) is 8.18. The highest BCUT2D eigenvalue weighted by molar-refractivity contribution is 7.86. The minimum atomic E-state index is -4.07. The summed E-state index contributed by atoms with van der Waals surface area (Å²) in [6, 6.07) is 4.88. The number of carbonyl (C=O) groups excluding carboxylic acids is 2. The summed E-state index contributed by atoms with van der Waals surface area (Å²) in [5.41, 5.74) is 2.45. The maximum Gasteiger partial charge on any atom is 0.410 e. The standard InChI is InChI=1S/C27H39ClN4O9S/c1-37-16-17-39-27(34)32-20-7-10-23(32)25(26(33)29-41-24-4-2-3-15-38-24)31(18-20)42(35,36)30-13-11-22(12-14-30)40-21-8-5-19(28)6-9-21/h5-6,8-9,20,22-25,28H,2-4,7,10-18H2,1H3/p+1/t20-,23+,24?,25-/m1/s1. The molecule has 1 N–H and O–H groups in total. The SMILES string of the molecule is COCCOC(=O)N1[C@@H]2CC[C@H]1[C@H](C(=O)NOC1CCCCO1)N(S(=O)(=O)N1CCC(Oc3ccc([ClH+])cc3)CC1)C2. The van der Waals surface area contributed by atoms with Crippen LogP contribution in [0.1, 0.15) is 44.9 Å². The number of methoxy groups -OCH3 is 1. The van der Waals surface area contributed by atoms with Crippen LogP contribution < -0.4 is 10.2 Å². The lowest BCUT2D eigenvalue weighted by Crippen LogP contribution is -2.68. The number of ether oxygens (including phenoxy) is 4. The predicted octanol–water partition coefficient (Wildman–Crippen LogP) is 1.35. The molecule has 13 nitrogen and oxygen atoms in total. The number of amides is 2. The Balaban J connectivity index is 1.29. The van der Waals surface area contributed by atoms with Crippen LogP contribution in [0.15, 0.2) is 24.3 Å². The maximum absolute atomic E-state index is 14.1. The molecule has 0 spiro atoms. The second kappa shape index (κ2) is 14.1. The number of nitrogens with one attached hydrogen (secondary N) is 1. The number of hydrogen-bond acceptors (Lipinski definition) is 9. The van der Waals surface area contributed by atoms with Crippen molar-refractivity contribution < 1.29 is 53.4 Å². The maximum atomic E-state index is 14.1.